The van der Waals surface area contributed by atoms with Gasteiger partial charge in [-0.25, -0.2) is 4.21 Å². The molecule has 1 atom stereocenters. The van der Waals surface area contributed by atoms with Crippen molar-refractivity contribution in [1.29, 1.82) is 0 Å². The van der Waals surface area contributed by atoms with Crippen LogP contribution >= 0.6 is 0 Å². The van der Waals surface area contributed by atoms with Crippen LogP contribution in [0.4, 0.5) is 0 Å². The van der Waals surface area contributed by atoms with Crippen LogP contribution in [0, 0.1) is 0 Å². The van der Waals surface area contributed by atoms with Crippen LogP contribution in [0.1, 0.15) is 6.92 Å². The van der Waals surface area contributed by atoms with Crippen molar-refractivity contribution in [3.63, 3.8) is 0 Å². The van der Waals surface area contributed by atoms with E-state index in [1.807, 2.05) is 0 Å². The first-order valence-electron chi connectivity index (χ1n) is 4.94. The summed E-state index contributed by atoms with van der Waals surface area (Å²) in [6.07, 6.45) is 0. The Morgan fingerprint density at radius 3 is 2.00 bits per heavy atom. The third-order valence-corrected chi connectivity index (χ3v) is 2.33. The van der Waals surface area contributed by atoms with Crippen molar-refractivity contribution >= 4 is 11.4 Å². The summed E-state index contributed by atoms with van der Waals surface area (Å²) in [4.78, 5) is 4.75. The molecule has 2 N–H and O–H groups in total. The lowest BCUT2D eigenvalue weighted by Gasteiger charge is -2.33. The van der Waals surface area contributed by atoms with Crippen molar-refractivity contribution in [2.45, 2.75) is 6.92 Å². The molecule has 0 aromatic rings. The first kappa shape index (κ1) is 14.9. The molecule has 1 fully saturated rings. The fraction of sp³-hybridized carbons (Fsp3) is 1.00. The molecule has 0 aliphatic carbocycles. The molecule has 15 heavy (non-hydrogen) atoms. The van der Waals surface area contributed by atoms with E-state index in [1.165, 1.54) is 0 Å². The maximum Gasteiger partial charge on any atom is 0.0814 e. The molecule has 0 aromatic heterocycles. The summed E-state index contributed by atoms with van der Waals surface area (Å²) in [5.74, 6) is 0. The van der Waals surface area contributed by atoms with Gasteiger partial charge in [0.2, 0.25) is 0 Å². The average Bonchev–Trinajstić information content (AvgIpc) is 2.19. The van der Waals surface area contributed by atoms with Crippen LogP contribution in [-0.2, 0) is 11.4 Å². The van der Waals surface area contributed by atoms with Gasteiger partial charge < -0.3 is 19.1 Å². The smallest absolute Gasteiger partial charge is 0.0814 e. The zero-order valence-electron chi connectivity index (χ0n) is 8.96. The van der Waals surface area contributed by atoms with Gasteiger partial charge in [0.05, 0.1) is 18.0 Å². The molecule has 92 valence electrons. The number of hydrogen-bond acceptors (Lipinski definition) is 5. The second-order valence-electron chi connectivity index (χ2n) is 3.22. The quantitative estimate of drug-likeness (QED) is 0.611. The highest BCUT2D eigenvalue weighted by atomic mass is 32.2. The molecule has 0 saturated carbocycles. The standard InChI is InChI=1S/C8H18N2O.H2O3S/c1-2-9-3-5-10(6-4-9)7-8-11;1-4(2)3/h11H,2-8H2,1H3;(H2,1,2,3)/p-1. The van der Waals surface area contributed by atoms with Gasteiger partial charge in [0, 0.05) is 32.7 Å². The average molecular weight is 239 g/mol. The molecular formula is C8H19N2O4S-. The Morgan fingerprint density at radius 2 is 1.67 bits per heavy atom. The Hall–Kier alpha value is -0.0500. The van der Waals surface area contributed by atoms with Crippen LogP contribution in [-0.4, -0.2) is 74.1 Å². The molecule has 0 spiro atoms. The zero-order chi connectivity index (χ0) is 11.7. The summed E-state index contributed by atoms with van der Waals surface area (Å²) in [5.41, 5.74) is 0. The van der Waals surface area contributed by atoms with Crippen LogP contribution in [0.3, 0.4) is 0 Å². The molecule has 1 saturated heterocycles. The van der Waals surface area contributed by atoms with E-state index < -0.39 is 11.4 Å². The number of likely N-dealkylation sites (N-methyl/N-ethyl adjacent to an activating group) is 1. The number of rotatable bonds is 3. The van der Waals surface area contributed by atoms with E-state index in [0.717, 1.165) is 39.3 Å². The minimum absolute atomic E-state index is 0.298. The van der Waals surface area contributed by atoms with E-state index >= 15 is 0 Å². The van der Waals surface area contributed by atoms with Crippen molar-refractivity contribution in [3.05, 3.63) is 0 Å². The van der Waals surface area contributed by atoms with E-state index in [1.54, 1.807) is 0 Å². The van der Waals surface area contributed by atoms with Gasteiger partial charge in [-0.15, -0.1) is 0 Å². The van der Waals surface area contributed by atoms with Gasteiger partial charge in [-0.1, -0.05) is 6.92 Å². The van der Waals surface area contributed by atoms with Crippen LogP contribution in [0.15, 0.2) is 0 Å². The Balaban J connectivity index is 0.000000423. The monoisotopic (exact) mass is 239 g/mol. The van der Waals surface area contributed by atoms with Gasteiger partial charge >= 0.3 is 0 Å². The van der Waals surface area contributed by atoms with E-state index in [9.17, 15) is 0 Å². The number of hydrogen-bond donors (Lipinski definition) is 2. The lowest BCUT2D eigenvalue weighted by molar-refractivity contribution is 0.116. The van der Waals surface area contributed by atoms with Gasteiger partial charge in [0.15, 0.2) is 0 Å². The first-order valence-corrected chi connectivity index (χ1v) is 5.97. The molecule has 0 radical (unpaired) electrons. The van der Waals surface area contributed by atoms with Crippen molar-refractivity contribution in [1.82, 2.24) is 9.80 Å². The highest BCUT2D eigenvalue weighted by Crippen LogP contribution is 1.99. The fourth-order valence-electron chi connectivity index (χ4n) is 1.47. The predicted octanol–water partition coefficient (Wildman–Crippen LogP) is -1.05. The third kappa shape index (κ3) is 8.91. The van der Waals surface area contributed by atoms with Crippen molar-refractivity contribution in [3.8, 4) is 0 Å². The first-order chi connectivity index (χ1) is 7.10. The minimum atomic E-state index is -2.86. The lowest BCUT2D eigenvalue weighted by Crippen LogP contribution is -2.46. The van der Waals surface area contributed by atoms with E-state index in [0.29, 0.717) is 6.61 Å². The predicted molar refractivity (Wildman–Crippen MR) is 57.2 cm³/mol. The van der Waals surface area contributed by atoms with Crippen molar-refractivity contribution in [2.75, 3.05) is 45.9 Å². The van der Waals surface area contributed by atoms with Crippen molar-refractivity contribution in [2.24, 2.45) is 0 Å². The molecule has 1 unspecified atom stereocenters. The number of piperazine rings is 1. The summed E-state index contributed by atoms with van der Waals surface area (Å²) < 4.78 is 24.1. The summed E-state index contributed by atoms with van der Waals surface area (Å²) in [5, 5.41) is 8.69. The van der Waals surface area contributed by atoms with Crippen LogP contribution < -0.4 is 0 Å². The second kappa shape index (κ2) is 9.20. The zero-order valence-corrected chi connectivity index (χ0v) is 9.78. The van der Waals surface area contributed by atoms with Crippen molar-refractivity contribution < 1.29 is 18.4 Å². The number of aliphatic hydroxyl groups is 1. The Bertz CT molecular complexity index is 170. The van der Waals surface area contributed by atoms with Crippen LogP contribution in [0.5, 0.6) is 0 Å². The molecule has 1 aliphatic heterocycles. The lowest BCUT2D eigenvalue weighted by atomic mass is 10.3. The molecule has 7 heteroatoms. The molecule has 1 aliphatic rings. The number of aliphatic hydroxyl groups excluding tert-OH is 1. The second-order valence-corrected chi connectivity index (χ2v) is 3.65. The molecule has 1 heterocycles. The summed E-state index contributed by atoms with van der Waals surface area (Å²) in [6, 6.07) is 0. The van der Waals surface area contributed by atoms with Gasteiger partial charge in [0.25, 0.3) is 0 Å². The molecule has 0 aromatic carbocycles. The topological polar surface area (TPSA) is 87.1 Å². The van der Waals surface area contributed by atoms with Crippen LogP contribution in [0.25, 0.3) is 0 Å². The fourth-order valence-corrected chi connectivity index (χ4v) is 1.47. The molecule has 1 rings (SSSR count). The molecule has 6 nitrogen and oxygen atoms in total. The molecular weight excluding hydrogens is 220 g/mol. The van der Waals surface area contributed by atoms with Gasteiger partial charge in [0.1, 0.15) is 0 Å². The van der Waals surface area contributed by atoms with Gasteiger partial charge in [-0.05, 0) is 6.54 Å². The molecule has 0 amide bonds. The maximum atomic E-state index is 8.69. The highest BCUT2D eigenvalue weighted by Gasteiger charge is 2.13. The number of nitrogens with zero attached hydrogens (tertiary/aromatic N) is 2. The normalized spacial score (nSPS) is 20.5. The Morgan fingerprint density at radius 1 is 1.27 bits per heavy atom. The molecule has 0 bridgehead atoms. The Labute approximate surface area is 93.0 Å². The van der Waals surface area contributed by atoms with E-state index in [2.05, 4.69) is 16.7 Å². The summed E-state index contributed by atoms with van der Waals surface area (Å²) in [7, 11) is 0. The minimum Gasteiger partial charge on any atom is -0.750 e. The number of β-amino-alcohol motifs (C(OH)–C–C–N with tert-alkyl or cyclic N) is 1. The van der Waals surface area contributed by atoms with Gasteiger partial charge in [-0.2, -0.15) is 0 Å². The highest BCUT2D eigenvalue weighted by molar-refractivity contribution is 7.73. The largest absolute Gasteiger partial charge is 0.750 e. The van der Waals surface area contributed by atoms with Gasteiger partial charge in [-0.3, -0.25) is 4.90 Å². The maximum absolute atomic E-state index is 8.69. The van der Waals surface area contributed by atoms with E-state index in [-0.39, 0.29) is 0 Å². The SMILES string of the molecule is CCN1CCN(CCO)CC1.O=S([O-])O. The van der Waals surface area contributed by atoms with Crippen LogP contribution in [0.2, 0.25) is 0 Å². The van der Waals surface area contributed by atoms with E-state index in [4.69, 9.17) is 18.4 Å². The summed E-state index contributed by atoms with van der Waals surface area (Å²) in [6.45, 7) is 9.06. The third-order valence-electron chi connectivity index (χ3n) is 2.33. The summed E-state index contributed by atoms with van der Waals surface area (Å²) >= 11 is -2.86. The Kier molecular flexibility index (Phi) is 9.17.